The first-order valence-electron chi connectivity index (χ1n) is 38.3. The predicted molar refractivity (Wildman–Crippen MR) is 370 cm³/mol. The number of carbonyl (C=O) groups is 2. The Morgan fingerprint density at radius 3 is 0.952 bits per heavy atom. The molecular weight excluding hydrogens is 1030 g/mol. The molecule has 2 atom stereocenters. The number of hydrogen-bond donors (Lipinski definition) is 3. The largest absolute Gasteiger partial charge is 0.466 e. The molecule has 84 heavy (non-hydrogen) atoms. The summed E-state index contributed by atoms with van der Waals surface area (Å²) < 4.78 is 5.48. The molecule has 1 amide bonds. The van der Waals surface area contributed by atoms with Gasteiger partial charge in [0.15, 0.2) is 0 Å². The van der Waals surface area contributed by atoms with Gasteiger partial charge in [-0.2, -0.15) is 0 Å². The van der Waals surface area contributed by atoms with Gasteiger partial charge in [0.2, 0.25) is 5.91 Å². The van der Waals surface area contributed by atoms with Crippen molar-refractivity contribution in [3.8, 4) is 0 Å². The van der Waals surface area contributed by atoms with E-state index in [1.807, 2.05) is 6.08 Å². The molecule has 0 fully saturated rings. The van der Waals surface area contributed by atoms with Crippen molar-refractivity contribution < 1.29 is 24.5 Å². The molecule has 0 bridgehead atoms. The Hall–Kier alpha value is -1.92. The first-order chi connectivity index (χ1) is 41.5. The topological polar surface area (TPSA) is 95.9 Å². The molecule has 0 aliphatic rings. The zero-order valence-electron chi connectivity index (χ0n) is 56.9. The lowest BCUT2D eigenvalue weighted by Crippen LogP contribution is -2.45. The number of ether oxygens (including phenoxy) is 1. The Balaban J connectivity index is 3.37. The van der Waals surface area contributed by atoms with E-state index in [-0.39, 0.29) is 18.5 Å². The summed E-state index contributed by atoms with van der Waals surface area (Å²) >= 11 is 0. The molecule has 496 valence electrons. The fourth-order valence-corrected chi connectivity index (χ4v) is 12.1. The molecular formula is C78H149NO5. The molecule has 0 saturated carbocycles. The van der Waals surface area contributed by atoms with E-state index < -0.39 is 12.1 Å². The number of aliphatic hydroxyl groups excluding tert-OH is 2. The second-order valence-electron chi connectivity index (χ2n) is 26.3. The number of hydrogen-bond acceptors (Lipinski definition) is 5. The standard InChI is InChI=1S/C78H149NO5/c1-3-5-7-9-11-13-15-17-18-19-20-21-22-31-34-37-40-43-47-50-54-58-62-66-70-76(81)75(74-80)79-77(82)71-67-63-59-55-51-48-44-41-38-35-32-29-27-25-23-24-26-28-30-33-36-39-42-45-49-53-57-61-65-69-73-84-78(83)72-68-64-60-56-52-46-16-14-12-10-8-6-4-2/h8,10,14,16,66,70,75-76,80-81H,3-7,9,11-13,15,17-65,67-69,71-74H2,1-2H3,(H,79,82)/b10-8-,16-14-,70-66+. The molecule has 0 aromatic heterocycles. The van der Waals surface area contributed by atoms with Gasteiger partial charge in [-0.15, -0.1) is 0 Å². The monoisotopic (exact) mass is 1180 g/mol. The van der Waals surface area contributed by atoms with Gasteiger partial charge in [0.1, 0.15) is 0 Å². The summed E-state index contributed by atoms with van der Waals surface area (Å²) in [6.07, 6.45) is 95.4. The molecule has 0 aliphatic carbocycles. The molecule has 0 spiro atoms. The maximum Gasteiger partial charge on any atom is 0.305 e. The van der Waals surface area contributed by atoms with Crippen LogP contribution >= 0.6 is 0 Å². The van der Waals surface area contributed by atoms with E-state index in [2.05, 4.69) is 43.5 Å². The quantitative estimate of drug-likeness (QED) is 0.0320. The van der Waals surface area contributed by atoms with Gasteiger partial charge in [-0.3, -0.25) is 9.59 Å². The predicted octanol–water partition coefficient (Wildman–Crippen LogP) is 25.0. The van der Waals surface area contributed by atoms with Crippen LogP contribution in [0.15, 0.2) is 36.5 Å². The summed E-state index contributed by atoms with van der Waals surface area (Å²) in [6, 6.07) is -0.626. The van der Waals surface area contributed by atoms with E-state index in [0.717, 1.165) is 51.4 Å². The van der Waals surface area contributed by atoms with Crippen LogP contribution in [-0.2, 0) is 14.3 Å². The number of allylic oxidation sites excluding steroid dienone is 5. The molecule has 3 N–H and O–H groups in total. The molecule has 0 aromatic rings. The van der Waals surface area contributed by atoms with Gasteiger partial charge in [-0.1, -0.05) is 391 Å². The summed E-state index contributed by atoms with van der Waals surface area (Å²) in [7, 11) is 0. The Morgan fingerprint density at radius 1 is 0.333 bits per heavy atom. The molecule has 0 heterocycles. The molecule has 0 saturated heterocycles. The van der Waals surface area contributed by atoms with E-state index in [4.69, 9.17) is 4.74 Å². The van der Waals surface area contributed by atoms with Crippen LogP contribution in [0.25, 0.3) is 0 Å². The molecule has 6 nitrogen and oxygen atoms in total. The van der Waals surface area contributed by atoms with Crippen molar-refractivity contribution in [2.75, 3.05) is 13.2 Å². The van der Waals surface area contributed by atoms with Gasteiger partial charge in [0.05, 0.1) is 25.4 Å². The summed E-state index contributed by atoms with van der Waals surface area (Å²) in [4.78, 5) is 24.6. The Labute approximate surface area is 525 Å². The van der Waals surface area contributed by atoms with Crippen LogP contribution in [-0.4, -0.2) is 47.4 Å². The van der Waals surface area contributed by atoms with E-state index >= 15 is 0 Å². The number of esters is 1. The lowest BCUT2D eigenvalue weighted by atomic mass is 10.0. The highest BCUT2D eigenvalue weighted by Gasteiger charge is 2.18. The highest BCUT2D eigenvalue weighted by Crippen LogP contribution is 2.20. The molecule has 0 radical (unpaired) electrons. The molecule has 0 aliphatic heterocycles. The third kappa shape index (κ3) is 69.2. The number of unbranched alkanes of at least 4 members (excludes halogenated alkanes) is 57. The third-order valence-electron chi connectivity index (χ3n) is 17.9. The van der Waals surface area contributed by atoms with Gasteiger partial charge in [0, 0.05) is 12.8 Å². The Bertz CT molecular complexity index is 1360. The number of aliphatic hydroxyl groups is 2. The van der Waals surface area contributed by atoms with Crippen LogP contribution in [0.1, 0.15) is 425 Å². The third-order valence-corrected chi connectivity index (χ3v) is 17.9. The smallest absolute Gasteiger partial charge is 0.305 e. The van der Waals surface area contributed by atoms with Crippen molar-refractivity contribution in [3.63, 3.8) is 0 Å². The minimum atomic E-state index is -0.843. The van der Waals surface area contributed by atoms with Gasteiger partial charge in [-0.25, -0.2) is 0 Å². The van der Waals surface area contributed by atoms with Crippen molar-refractivity contribution in [2.45, 2.75) is 437 Å². The normalized spacial score (nSPS) is 12.7. The second kappa shape index (κ2) is 73.5. The lowest BCUT2D eigenvalue weighted by Gasteiger charge is -2.20. The zero-order valence-corrected chi connectivity index (χ0v) is 56.9. The first kappa shape index (κ1) is 82.1. The average Bonchev–Trinajstić information content (AvgIpc) is 3.51. The van der Waals surface area contributed by atoms with Crippen molar-refractivity contribution >= 4 is 11.9 Å². The first-order valence-corrected chi connectivity index (χ1v) is 38.3. The Kier molecular flexibility index (Phi) is 71.9. The fraction of sp³-hybridized carbons (Fsp3) is 0.897. The van der Waals surface area contributed by atoms with E-state index in [9.17, 15) is 19.8 Å². The summed E-state index contributed by atoms with van der Waals surface area (Å²) in [6.45, 7) is 4.88. The van der Waals surface area contributed by atoms with Crippen LogP contribution in [0.4, 0.5) is 0 Å². The highest BCUT2D eigenvalue weighted by atomic mass is 16.5. The number of nitrogens with one attached hydrogen (secondary N) is 1. The zero-order chi connectivity index (χ0) is 60.6. The van der Waals surface area contributed by atoms with Crippen molar-refractivity contribution in [3.05, 3.63) is 36.5 Å². The van der Waals surface area contributed by atoms with Gasteiger partial charge in [-0.05, 0) is 57.8 Å². The van der Waals surface area contributed by atoms with Gasteiger partial charge in [0.25, 0.3) is 0 Å². The summed E-state index contributed by atoms with van der Waals surface area (Å²) in [5, 5.41) is 23.3. The van der Waals surface area contributed by atoms with Crippen LogP contribution in [0.5, 0.6) is 0 Å². The van der Waals surface area contributed by atoms with Gasteiger partial charge < -0.3 is 20.3 Å². The van der Waals surface area contributed by atoms with Crippen LogP contribution in [0.2, 0.25) is 0 Å². The number of rotatable bonds is 72. The molecule has 2 unspecified atom stereocenters. The van der Waals surface area contributed by atoms with Gasteiger partial charge >= 0.3 is 5.97 Å². The van der Waals surface area contributed by atoms with E-state index in [1.54, 1.807) is 6.08 Å². The van der Waals surface area contributed by atoms with Crippen LogP contribution < -0.4 is 5.32 Å². The van der Waals surface area contributed by atoms with Crippen LogP contribution in [0, 0.1) is 0 Å². The second-order valence-corrected chi connectivity index (χ2v) is 26.3. The molecule has 0 aromatic carbocycles. The molecule has 0 rings (SSSR count). The van der Waals surface area contributed by atoms with E-state index in [0.29, 0.717) is 19.4 Å². The van der Waals surface area contributed by atoms with Crippen molar-refractivity contribution in [1.29, 1.82) is 0 Å². The minimum absolute atomic E-state index is 0.00494. The summed E-state index contributed by atoms with van der Waals surface area (Å²) in [5.41, 5.74) is 0. The Morgan fingerprint density at radius 2 is 0.619 bits per heavy atom. The van der Waals surface area contributed by atoms with Crippen molar-refractivity contribution in [1.82, 2.24) is 5.32 Å². The van der Waals surface area contributed by atoms with Crippen molar-refractivity contribution in [2.24, 2.45) is 0 Å². The van der Waals surface area contributed by atoms with E-state index in [1.165, 1.54) is 347 Å². The summed E-state index contributed by atoms with van der Waals surface area (Å²) in [5.74, 6) is -0.0544. The number of amides is 1. The SMILES string of the molecule is CCC/C=C\C/C=C\CCCCCCCC(=O)OCCCCCCCCCCCCCCCCCCCCCCCCCCCCCCCCC(=O)NC(CO)C(O)/C=C/CCCCCCCCCCCCCCCCCCCCCCCC. The molecule has 6 heteroatoms. The van der Waals surface area contributed by atoms with Crippen LogP contribution in [0.3, 0.4) is 0 Å². The lowest BCUT2D eigenvalue weighted by molar-refractivity contribution is -0.143. The highest BCUT2D eigenvalue weighted by molar-refractivity contribution is 5.76. The fourth-order valence-electron chi connectivity index (χ4n) is 12.1. The minimum Gasteiger partial charge on any atom is -0.466 e. The number of carbonyl (C=O) groups excluding carboxylic acids is 2. The maximum atomic E-state index is 12.6. The maximum absolute atomic E-state index is 12.6. The average molecular weight is 1180 g/mol.